The van der Waals surface area contributed by atoms with E-state index in [-0.39, 0.29) is 0 Å². The van der Waals surface area contributed by atoms with E-state index in [0.29, 0.717) is 0 Å². The van der Waals surface area contributed by atoms with Crippen LogP contribution in [-0.4, -0.2) is 19.9 Å². The summed E-state index contributed by atoms with van der Waals surface area (Å²) in [5.74, 6) is 0. The van der Waals surface area contributed by atoms with Gasteiger partial charge in [0, 0.05) is 49.2 Å². The van der Waals surface area contributed by atoms with Gasteiger partial charge in [0.2, 0.25) is 0 Å². The van der Waals surface area contributed by atoms with Crippen LogP contribution in [0.15, 0.2) is 170 Å². The Morgan fingerprint density at radius 3 is 1.34 bits per heavy atom. The molecule has 0 spiro atoms. The number of pyridine rings is 4. The van der Waals surface area contributed by atoms with Crippen molar-refractivity contribution in [3.8, 4) is 45.0 Å². The maximum Gasteiger partial charge on any atom is 0.0972 e. The molecule has 10 aromatic rings. The van der Waals surface area contributed by atoms with Gasteiger partial charge in [-0.1, -0.05) is 140 Å². The summed E-state index contributed by atoms with van der Waals surface area (Å²) in [6.07, 6.45) is 0. The summed E-state index contributed by atoms with van der Waals surface area (Å²) < 4.78 is 0. The Bertz CT molecular complexity index is 2900. The summed E-state index contributed by atoms with van der Waals surface area (Å²) in [7, 11) is 0. The molecule has 0 atom stereocenters. The van der Waals surface area contributed by atoms with Gasteiger partial charge in [-0.3, -0.25) is 0 Å². The maximum atomic E-state index is 5.32. The molecular formula is C46H28N4. The van der Waals surface area contributed by atoms with Crippen LogP contribution in [0.5, 0.6) is 0 Å². The minimum Gasteiger partial charge on any atom is -0.247 e. The van der Waals surface area contributed by atoms with Gasteiger partial charge in [-0.25, -0.2) is 19.9 Å². The zero-order chi connectivity index (χ0) is 33.0. The summed E-state index contributed by atoms with van der Waals surface area (Å²) in [6.45, 7) is 0. The molecule has 0 aliphatic rings. The van der Waals surface area contributed by atoms with Crippen molar-refractivity contribution in [2.75, 3.05) is 0 Å². The van der Waals surface area contributed by atoms with Gasteiger partial charge in [-0.05, 0) is 35.7 Å². The molecule has 10 rings (SSSR count). The van der Waals surface area contributed by atoms with Crippen LogP contribution in [0, 0.1) is 0 Å². The third kappa shape index (κ3) is 4.69. The van der Waals surface area contributed by atoms with Gasteiger partial charge in [0.25, 0.3) is 0 Å². The molecular weight excluding hydrogens is 609 g/mol. The minimum atomic E-state index is 0.893. The zero-order valence-electron chi connectivity index (χ0n) is 27.0. The van der Waals surface area contributed by atoms with E-state index in [1.165, 1.54) is 0 Å². The largest absolute Gasteiger partial charge is 0.247 e. The van der Waals surface area contributed by atoms with Crippen molar-refractivity contribution in [1.29, 1.82) is 0 Å². The Morgan fingerprint density at radius 2 is 0.760 bits per heavy atom. The average molecular weight is 637 g/mol. The maximum absolute atomic E-state index is 5.32. The van der Waals surface area contributed by atoms with Gasteiger partial charge >= 0.3 is 0 Å². The van der Waals surface area contributed by atoms with Crippen LogP contribution < -0.4 is 0 Å². The van der Waals surface area contributed by atoms with Crippen LogP contribution in [0.4, 0.5) is 0 Å². The summed E-state index contributed by atoms with van der Waals surface area (Å²) in [5, 5.41) is 6.43. The van der Waals surface area contributed by atoms with E-state index in [4.69, 9.17) is 19.9 Å². The van der Waals surface area contributed by atoms with E-state index in [2.05, 4.69) is 140 Å². The molecule has 0 aliphatic carbocycles. The molecule has 0 unspecified atom stereocenters. The molecule has 4 aromatic heterocycles. The van der Waals surface area contributed by atoms with E-state index in [1.54, 1.807) is 0 Å². The van der Waals surface area contributed by atoms with Crippen LogP contribution in [0.1, 0.15) is 0 Å². The molecule has 4 heteroatoms. The highest BCUT2D eigenvalue weighted by Gasteiger charge is 2.17. The molecule has 0 saturated carbocycles. The average Bonchev–Trinajstić information content (AvgIpc) is 3.20. The van der Waals surface area contributed by atoms with E-state index >= 15 is 0 Å². The lowest BCUT2D eigenvalue weighted by Crippen LogP contribution is -1.94. The van der Waals surface area contributed by atoms with Crippen molar-refractivity contribution in [3.05, 3.63) is 170 Å². The second kappa shape index (κ2) is 11.4. The molecule has 0 amide bonds. The van der Waals surface area contributed by atoms with Gasteiger partial charge in [0.15, 0.2) is 0 Å². The van der Waals surface area contributed by atoms with Crippen LogP contribution >= 0.6 is 0 Å². The van der Waals surface area contributed by atoms with Crippen LogP contribution in [0.2, 0.25) is 0 Å². The smallest absolute Gasteiger partial charge is 0.0972 e. The van der Waals surface area contributed by atoms with E-state index in [1.807, 2.05) is 30.3 Å². The molecule has 0 aliphatic heterocycles. The Kier molecular flexibility index (Phi) is 6.46. The van der Waals surface area contributed by atoms with Gasteiger partial charge in [0.05, 0.1) is 44.8 Å². The number of fused-ring (bicyclic) bond motifs is 8. The molecule has 0 saturated heterocycles. The van der Waals surface area contributed by atoms with Crippen molar-refractivity contribution in [2.24, 2.45) is 0 Å². The molecule has 4 heterocycles. The zero-order valence-corrected chi connectivity index (χ0v) is 27.0. The normalized spacial score (nSPS) is 11.6. The van der Waals surface area contributed by atoms with Crippen molar-refractivity contribution >= 4 is 54.4 Å². The third-order valence-electron chi connectivity index (χ3n) is 9.62. The highest BCUT2D eigenvalue weighted by Crippen LogP contribution is 2.39. The predicted octanol–water partition coefficient (Wildman–Crippen LogP) is 11.7. The topological polar surface area (TPSA) is 51.6 Å². The van der Waals surface area contributed by atoms with Crippen molar-refractivity contribution in [3.63, 3.8) is 0 Å². The molecule has 0 N–H and O–H groups in total. The third-order valence-corrected chi connectivity index (χ3v) is 9.62. The van der Waals surface area contributed by atoms with Crippen LogP contribution in [-0.2, 0) is 0 Å². The predicted molar refractivity (Wildman–Crippen MR) is 207 cm³/mol. The highest BCUT2D eigenvalue weighted by atomic mass is 14.8. The quantitative estimate of drug-likeness (QED) is 0.180. The number of nitrogens with zero attached hydrogens (tertiary/aromatic N) is 4. The second-order valence-electron chi connectivity index (χ2n) is 12.6. The van der Waals surface area contributed by atoms with Gasteiger partial charge < -0.3 is 0 Å². The molecule has 4 nitrogen and oxygen atoms in total. The molecule has 232 valence electrons. The fourth-order valence-electron chi connectivity index (χ4n) is 7.11. The first-order valence-electron chi connectivity index (χ1n) is 16.8. The molecule has 0 radical (unpaired) electrons. The lowest BCUT2D eigenvalue weighted by molar-refractivity contribution is 1.36. The summed E-state index contributed by atoms with van der Waals surface area (Å²) in [6, 6.07) is 59.0. The highest BCUT2D eigenvalue weighted by molar-refractivity contribution is 6.20. The van der Waals surface area contributed by atoms with Gasteiger partial charge in [-0.2, -0.15) is 0 Å². The summed E-state index contributed by atoms with van der Waals surface area (Å²) in [4.78, 5) is 21.0. The first kappa shape index (κ1) is 28.3. The first-order valence-corrected chi connectivity index (χ1v) is 16.8. The Labute approximate surface area is 288 Å². The number of benzene rings is 6. The number of aromatic nitrogens is 4. The van der Waals surface area contributed by atoms with Crippen molar-refractivity contribution in [1.82, 2.24) is 19.9 Å². The SMILES string of the molecule is c1ccc(-c2ccc3ccc4ccc(-c5ccc6nc(-c7ccccc7)c7c(ccc8ccc(-c9ccccc9)nc87)c6c5)nc4c3n2)cc1. The van der Waals surface area contributed by atoms with Gasteiger partial charge in [0.1, 0.15) is 0 Å². The van der Waals surface area contributed by atoms with Crippen molar-refractivity contribution < 1.29 is 0 Å². The van der Waals surface area contributed by atoms with Crippen LogP contribution in [0.3, 0.4) is 0 Å². The Hall–Kier alpha value is -6.78. The minimum absolute atomic E-state index is 0.893. The number of rotatable bonds is 4. The van der Waals surface area contributed by atoms with E-state index in [0.717, 1.165) is 99.4 Å². The lowest BCUT2D eigenvalue weighted by Gasteiger charge is -2.14. The fraction of sp³-hybridized carbons (Fsp3) is 0. The van der Waals surface area contributed by atoms with Gasteiger partial charge in [-0.15, -0.1) is 0 Å². The molecule has 6 aromatic carbocycles. The van der Waals surface area contributed by atoms with E-state index < -0.39 is 0 Å². The van der Waals surface area contributed by atoms with Crippen molar-refractivity contribution in [2.45, 2.75) is 0 Å². The second-order valence-corrected chi connectivity index (χ2v) is 12.6. The van der Waals surface area contributed by atoms with E-state index in [9.17, 15) is 0 Å². The molecule has 0 bridgehead atoms. The fourth-order valence-corrected chi connectivity index (χ4v) is 7.11. The lowest BCUT2D eigenvalue weighted by atomic mass is 9.95. The first-order chi connectivity index (χ1) is 24.8. The Morgan fingerprint density at radius 1 is 0.300 bits per heavy atom. The number of hydrogen-bond acceptors (Lipinski definition) is 4. The standard InChI is InChI=1S/C46H28N4/c1-4-10-29(11-5-1)38-24-19-32-18-23-36-37-28-35(22-27-41(37)50-43(42(36)44(32)47-38)31-14-8-3-9-15-31)40-26-21-34-17-16-33-20-25-39(30-12-6-2-7-13-30)48-45(33)46(34)49-40/h1-28H. The number of hydrogen-bond donors (Lipinski definition) is 0. The molecule has 50 heavy (non-hydrogen) atoms. The molecule has 0 fully saturated rings. The Balaban J connectivity index is 1.20. The van der Waals surface area contributed by atoms with Crippen LogP contribution in [0.25, 0.3) is 99.4 Å². The summed E-state index contributed by atoms with van der Waals surface area (Å²) >= 11 is 0. The summed E-state index contributed by atoms with van der Waals surface area (Å²) in [5.41, 5.74) is 11.6. The monoisotopic (exact) mass is 636 g/mol.